The van der Waals surface area contributed by atoms with Crippen LogP contribution in [0.15, 0.2) is 18.2 Å². The first-order chi connectivity index (χ1) is 7.50. The summed E-state index contributed by atoms with van der Waals surface area (Å²) in [5, 5.41) is 5.86. The molecule has 0 unspecified atom stereocenters. The van der Waals surface area contributed by atoms with Gasteiger partial charge in [0, 0.05) is 18.1 Å². The van der Waals surface area contributed by atoms with Crippen LogP contribution in [0.3, 0.4) is 0 Å². The molecule has 0 amide bonds. The first-order valence-corrected chi connectivity index (χ1v) is 5.97. The number of fused-ring (bicyclic) bond motifs is 1. The summed E-state index contributed by atoms with van der Waals surface area (Å²) in [7, 11) is 2.03. The van der Waals surface area contributed by atoms with Gasteiger partial charge in [-0.25, -0.2) is 0 Å². The summed E-state index contributed by atoms with van der Waals surface area (Å²) >= 11 is 0. The standard InChI is InChI=1S/C14H20N2/c1-9(2)11-6-7-13-12(8-11)14(10(3)4)16(5)15-13/h6-10H,1-5H3. The Hall–Kier alpha value is -1.31. The van der Waals surface area contributed by atoms with Gasteiger partial charge in [0.05, 0.1) is 5.52 Å². The summed E-state index contributed by atoms with van der Waals surface area (Å²) in [4.78, 5) is 0. The lowest BCUT2D eigenvalue weighted by Crippen LogP contribution is -1.99. The third-order valence-corrected chi connectivity index (χ3v) is 3.12. The minimum absolute atomic E-state index is 0.511. The minimum atomic E-state index is 0.511. The molecule has 1 heterocycles. The lowest BCUT2D eigenvalue weighted by atomic mass is 9.98. The maximum Gasteiger partial charge on any atom is 0.0926 e. The fourth-order valence-corrected chi connectivity index (χ4v) is 2.28. The Morgan fingerprint density at radius 2 is 1.75 bits per heavy atom. The lowest BCUT2D eigenvalue weighted by molar-refractivity contribution is 0.677. The minimum Gasteiger partial charge on any atom is -0.271 e. The van der Waals surface area contributed by atoms with Gasteiger partial charge in [-0.05, 0) is 29.5 Å². The number of nitrogens with zero attached hydrogens (tertiary/aromatic N) is 2. The van der Waals surface area contributed by atoms with Gasteiger partial charge in [0.25, 0.3) is 0 Å². The number of aryl methyl sites for hydroxylation is 1. The molecule has 0 aliphatic rings. The maximum absolute atomic E-state index is 4.55. The molecule has 0 saturated heterocycles. The van der Waals surface area contributed by atoms with Gasteiger partial charge in [-0.1, -0.05) is 33.8 Å². The Bertz CT molecular complexity index is 507. The summed E-state index contributed by atoms with van der Waals surface area (Å²) in [6, 6.07) is 6.61. The van der Waals surface area contributed by atoms with Gasteiger partial charge in [-0.15, -0.1) is 0 Å². The summed E-state index contributed by atoms with van der Waals surface area (Å²) in [5.74, 6) is 1.09. The molecule has 0 atom stereocenters. The number of hydrogen-bond acceptors (Lipinski definition) is 1. The van der Waals surface area contributed by atoms with Crippen LogP contribution < -0.4 is 0 Å². The molecule has 2 aromatic rings. The fraction of sp³-hybridized carbons (Fsp3) is 0.500. The van der Waals surface area contributed by atoms with E-state index in [-0.39, 0.29) is 0 Å². The van der Waals surface area contributed by atoms with Crippen molar-refractivity contribution < 1.29 is 0 Å². The molecule has 0 radical (unpaired) electrons. The lowest BCUT2D eigenvalue weighted by Gasteiger charge is -2.08. The number of hydrogen-bond donors (Lipinski definition) is 0. The Kier molecular flexibility index (Phi) is 2.75. The van der Waals surface area contributed by atoms with Crippen molar-refractivity contribution in [2.24, 2.45) is 7.05 Å². The molecule has 0 spiro atoms. The summed E-state index contributed by atoms with van der Waals surface area (Å²) in [6.45, 7) is 8.90. The second kappa shape index (κ2) is 3.93. The van der Waals surface area contributed by atoms with Gasteiger partial charge < -0.3 is 0 Å². The van der Waals surface area contributed by atoms with E-state index in [2.05, 4.69) is 51.0 Å². The van der Waals surface area contributed by atoms with Crippen LogP contribution in [0.25, 0.3) is 10.9 Å². The van der Waals surface area contributed by atoms with E-state index in [1.54, 1.807) is 0 Å². The van der Waals surface area contributed by atoms with Crippen molar-refractivity contribution >= 4 is 10.9 Å². The molecule has 16 heavy (non-hydrogen) atoms. The van der Waals surface area contributed by atoms with E-state index in [1.165, 1.54) is 16.6 Å². The van der Waals surface area contributed by atoms with E-state index in [1.807, 2.05) is 11.7 Å². The Balaban J connectivity index is 2.69. The SMILES string of the molecule is CC(C)c1ccc2nn(C)c(C(C)C)c2c1. The topological polar surface area (TPSA) is 17.8 Å². The van der Waals surface area contributed by atoms with Crippen molar-refractivity contribution in [1.29, 1.82) is 0 Å². The van der Waals surface area contributed by atoms with Crippen molar-refractivity contribution in [2.45, 2.75) is 39.5 Å². The van der Waals surface area contributed by atoms with E-state index in [0.29, 0.717) is 11.8 Å². The van der Waals surface area contributed by atoms with Gasteiger partial charge in [0.15, 0.2) is 0 Å². The molecule has 2 rings (SSSR count). The number of benzene rings is 1. The van der Waals surface area contributed by atoms with Crippen LogP contribution in [0.2, 0.25) is 0 Å². The summed E-state index contributed by atoms with van der Waals surface area (Å²) in [5.41, 5.74) is 3.83. The van der Waals surface area contributed by atoms with Gasteiger partial charge in [-0.2, -0.15) is 5.10 Å². The molecular formula is C14H20N2. The molecule has 1 aromatic heterocycles. The molecule has 0 aliphatic heterocycles. The first kappa shape index (κ1) is 11.2. The Morgan fingerprint density at radius 3 is 2.31 bits per heavy atom. The quantitative estimate of drug-likeness (QED) is 0.746. The first-order valence-electron chi connectivity index (χ1n) is 5.97. The molecule has 0 fully saturated rings. The third kappa shape index (κ3) is 1.73. The van der Waals surface area contributed by atoms with Crippen molar-refractivity contribution in [2.75, 3.05) is 0 Å². The highest BCUT2D eigenvalue weighted by Crippen LogP contribution is 2.27. The zero-order chi connectivity index (χ0) is 11.9. The molecule has 0 bridgehead atoms. The average Bonchev–Trinajstić information content (AvgIpc) is 2.51. The third-order valence-electron chi connectivity index (χ3n) is 3.12. The van der Waals surface area contributed by atoms with Crippen molar-refractivity contribution in [3.05, 3.63) is 29.5 Å². The molecule has 86 valence electrons. The zero-order valence-electron chi connectivity index (χ0n) is 10.8. The van der Waals surface area contributed by atoms with E-state index >= 15 is 0 Å². The predicted octanol–water partition coefficient (Wildman–Crippen LogP) is 3.82. The fourth-order valence-electron chi connectivity index (χ4n) is 2.28. The van der Waals surface area contributed by atoms with Gasteiger partial charge >= 0.3 is 0 Å². The molecule has 0 N–H and O–H groups in total. The van der Waals surface area contributed by atoms with Gasteiger partial charge in [0.1, 0.15) is 0 Å². The van der Waals surface area contributed by atoms with E-state index in [9.17, 15) is 0 Å². The number of aromatic nitrogens is 2. The molecule has 0 saturated carbocycles. The Morgan fingerprint density at radius 1 is 1.06 bits per heavy atom. The van der Waals surface area contributed by atoms with Crippen LogP contribution in [0.1, 0.15) is 50.8 Å². The van der Waals surface area contributed by atoms with Gasteiger partial charge in [-0.3, -0.25) is 4.68 Å². The van der Waals surface area contributed by atoms with Crippen molar-refractivity contribution in [1.82, 2.24) is 9.78 Å². The summed E-state index contributed by atoms with van der Waals surface area (Å²) in [6.07, 6.45) is 0. The molecule has 2 heteroatoms. The monoisotopic (exact) mass is 216 g/mol. The highest BCUT2D eigenvalue weighted by Gasteiger charge is 2.13. The van der Waals surface area contributed by atoms with Crippen LogP contribution in [-0.2, 0) is 7.05 Å². The van der Waals surface area contributed by atoms with Crippen LogP contribution in [0.5, 0.6) is 0 Å². The highest BCUT2D eigenvalue weighted by atomic mass is 15.3. The normalized spacial score (nSPS) is 11.9. The van der Waals surface area contributed by atoms with Crippen LogP contribution in [0.4, 0.5) is 0 Å². The van der Waals surface area contributed by atoms with Gasteiger partial charge in [0.2, 0.25) is 0 Å². The molecule has 1 aromatic carbocycles. The second-order valence-electron chi connectivity index (χ2n) is 5.09. The largest absolute Gasteiger partial charge is 0.271 e. The maximum atomic E-state index is 4.55. The predicted molar refractivity (Wildman–Crippen MR) is 68.9 cm³/mol. The average molecular weight is 216 g/mol. The van der Waals surface area contributed by atoms with E-state index in [4.69, 9.17) is 0 Å². The molecule has 0 aliphatic carbocycles. The molecular weight excluding hydrogens is 196 g/mol. The van der Waals surface area contributed by atoms with Crippen molar-refractivity contribution in [3.8, 4) is 0 Å². The van der Waals surface area contributed by atoms with E-state index in [0.717, 1.165) is 5.52 Å². The van der Waals surface area contributed by atoms with Crippen LogP contribution >= 0.6 is 0 Å². The van der Waals surface area contributed by atoms with Crippen molar-refractivity contribution in [3.63, 3.8) is 0 Å². The second-order valence-corrected chi connectivity index (χ2v) is 5.09. The Labute approximate surface area is 97.3 Å². The zero-order valence-corrected chi connectivity index (χ0v) is 10.8. The molecule has 2 nitrogen and oxygen atoms in total. The van der Waals surface area contributed by atoms with Crippen LogP contribution in [-0.4, -0.2) is 9.78 Å². The number of rotatable bonds is 2. The van der Waals surface area contributed by atoms with E-state index < -0.39 is 0 Å². The smallest absolute Gasteiger partial charge is 0.0926 e. The highest BCUT2D eigenvalue weighted by molar-refractivity contribution is 5.83. The van der Waals surface area contributed by atoms with Crippen LogP contribution in [0, 0.1) is 0 Å². The summed E-state index contributed by atoms with van der Waals surface area (Å²) < 4.78 is 2.01.